The first-order valence-electron chi connectivity index (χ1n) is 6.35. The van der Waals surface area contributed by atoms with Crippen molar-refractivity contribution in [1.29, 1.82) is 0 Å². The summed E-state index contributed by atoms with van der Waals surface area (Å²) in [7, 11) is 0. The molecule has 1 unspecified atom stereocenters. The number of nitrogens with one attached hydrogen (secondary N) is 1. The number of hydrogen-bond acceptors (Lipinski definition) is 3. The van der Waals surface area contributed by atoms with E-state index >= 15 is 0 Å². The van der Waals surface area contributed by atoms with Gasteiger partial charge in [-0.25, -0.2) is 4.21 Å². The Hall–Kier alpha value is -1.89. The lowest BCUT2D eigenvalue weighted by molar-refractivity contribution is 0.101. The summed E-state index contributed by atoms with van der Waals surface area (Å²) in [6, 6.07) is 11.6. The zero-order chi connectivity index (χ0) is 16.1. The highest BCUT2D eigenvalue weighted by Crippen LogP contribution is 2.22. The van der Waals surface area contributed by atoms with Crippen molar-refractivity contribution in [2.45, 2.75) is 13.5 Å². The van der Waals surface area contributed by atoms with Gasteiger partial charge in [0.2, 0.25) is 0 Å². The van der Waals surface area contributed by atoms with Gasteiger partial charge in [0.05, 0.1) is 5.69 Å². The maximum absolute atomic E-state index is 11.5. The van der Waals surface area contributed by atoms with Crippen molar-refractivity contribution in [1.82, 2.24) is 0 Å². The fourth-order valence-electron chi connectivity index (χ4n) is 1.82. The van der Waals surface area contributed by atoms with Gasteiger partial charge in [0.15, 0.2) is 5.78 Å². The van der Waals surface area contributed by atoms with Crippen LogP contribution in [-0.2, 0) is 17.9 Å². The molecule has 2 rings (SSSR count). The topological polar surface area (TPSA) is 75.6 Å². The molecule has 0 aliphatic carbocycles. The van der Waals surface area contributed by atoms with Gasteiger partial charge < -0.3 is 4.74 Å². The summed E-state index contributed by atoms with van der Waals surface area (Å²) in [5.41, 5.74) is 1.54. The molecule has 5 nitrogen and oxygen atoms in total. The van der Waals surface area contributed by atoms with Crippen molar-refractivity contribution in [3.05, 3.63) is 58.6 Å². The van der Waals surface area contributed by atoms with Crippen LogP contribution in [0.15, 0.2) is 42.5 Å². The highest BCUT2D eigenvalue weighted by molar-refractivity contribution is 7.80. The van der Waals surface area contributed by atoms with Crippen LogP contribution in [0.4, 0.5) is 5.69 Å². The van der Waals surface area contributed by atoms with Gasteiger partial charge >= 0.3 is 0 Å². The zero-order valence-corrected chi connectivity index (χ0v) is 13.3. The maximum Gasteiger partial charge on any atom is 0.259 e. The van der Waals surface area contributed by atoms with Crippen LogP contribution in [-0.4, -0.2) is 14.5 Å². The van der Waals surface area contributed by atoms with Crippen LogP contribution in [0.25, 0.3) is 0 Å². The van der Waals surface area contributed by atoms with E-state index in [1.54, 1.807) is 42.5 Å². The molecule has 7 heteroatoms. The van der Waals surface area contributed by atoms with Gasteiger partial charge in [-0.05, 0) is 49.4 Å². The first kappa shape index (κ1) is 16.5. The summed E-state index contributed by atoms with van der Waals surface area (Å²) >= 11 is 3.60. The van der Waals surface area contributed by atoms with E-state index in [1.807, 2.05) is 0 Å². The molecular formula is C15H14ClNO4S. The van der Waals surface area contributed by atoms with Crippen molar-refractivity contribution in [3.8, 4) is 5.75 Å². The Bertz CT molecular complexity index is 703. The van der Waals surface area contributed by atoms with Crippen LogP contribution >= 0.6 is 11.6 Å². The second kappa shape index (κ2) is 7.40. The van der Waals surface area contributed by atoms with Crippen LogP contribution in [0.2, 0.25) is 5.02 Å². The van der Waals surface area contributed by atoms with E-state index in [4.69, 9.17) is 20.9 Å². The lowest BCUT2D eigenvalue weighted by Crippen LogP contribution is -2.08. The Kier molecular flexibility index (Phi) is 5.54. The molecule has 2 aromatic carbocycles. The van der Waals surface area contributed by atoms with Crippen LogP contribution in [0.1, 0.15) is 22.8 Å². The quantitative estimate of drug-likeness (QED) is 0.622. The van der Waals surface area contributed by atoms with Crippen LogP contribution in [0, 0.1) is 0 Å². The number of halogens is 1. The number of carbonyl (C=O) groups is 1. The van der Waals surface area contributed by atoms with Crippen LogP contribution in [0.3, 0.4) is 0 Å². The summed E-state index contributed by atoms with van der Waals surface area (Å²) in [4.78, 5) is 11.5. The molecule has 0 aliphatic heterocycles. The summed E-state index contributed by atoms with van der Waals surface area (Å²) in [6.45, 7) is 1.60. The van der Waals surface area contributed by atoms with E-state index in [-0.39, 0.29) is 12.4 Å². The van der Waals surface area contributed by atoms with Gasteiger partial charge in [-0.1, -0.05) is 11.6 Å². The molecule has 0 aliphatic rings. The molecule has 0 fully saturated rings. The number of anilines is 1. The predicted octanol–water partition coefficient (Wildman–Crippen LogP) is 3.67. The number of ketones is 1. The zero-order valence-electron chi connectivity index (χ0n) is 11.7. The Balaban J connectivity index is 2.22. The summed E-state index contributed by atoms with van der Waals surface area (Å²) < 4.78 is 27.9. The second-order valence-electron chi connectivity index (χ2n) is 4.52. The monoisotopic (exact) mass is 339 g/mol. The van der Waals surface area contributed by atoms with Crippen molar-refractivity contribution >= 4 is 34.3 Å². The second-order valence-corrected chi connectivity index (χ2v) is 5.66. The lowest BCUT2D eigenvalue weighted by atomic mass is 10.1. The van der Waals surface area contributed by atoms with Gasteiger partial charge in [0, 0.05) is 16.1 Å². The first-order valence-corrected chi connectivity index (χ1v) is 7.84. The molecule has 0 amide bonds. The molecule has 0 bridgehead atoms. The van der Waals surface area contributed by atoms with Crippen molar-refractivity contribution in [3.63, 3.8) is 0 Å². The van der Waals surface area contributed by atoms with Crippen molar-refractivity contribution in [2.75, 3.05) is 4.72 Å². The van der Waals surface area contributed by atoms with Gasteiger partial charge in [-0.3, -0.25) is 14.1 Å². The molecule has 1 atom stereocenters. The molecule has 0 aromatic heterocycles. The summed E-state index contributed by atoms with van der Waals surface area (Å²) in [6.07, 6.45) is 0. The van der Waals surface area contributed by atoms with Crippen LogP contribution in [0.5, 0.6) is 5.75 Å². The maximum atomic E-state index is 11.5. The molecule has 0 saturated heterocycles. The van der Waals surface area contributed by atoms with E-state index in [2.05, 4.69) is 4.72 Å². The van der Waals surface area contributed by atoms with E-state index in [1.165, 1.54) is 6.92 Å². The number of Topliss-reactive ketones (excluding diaryl/α,β-unsaturated/α-hetero) is 1. The standard InChI is InChI=1S/C15H14ClNO4S/c1-10(18)11-2-7-15(17-22(19)20)12(8-11)9-21-14-5-3-13(16)4-6-14/h2-8,17H,9H2,1H3,(H,19,20). The Morgan fingerprint density at radius 2 is 1.95 bits per heavy atom. The first-order chi connectivity index (χ1) is 10.5. The third-order valence-electron chi connectivity index (χ3n) is 2.92. The van der Waals surface area contributed by atoms with Gasteiger partial charge in [-0.2, -0.15) is 0 Å². The number of benzene rings is 2. The molecule has 2 aromatic rings. The predicted molar refractivity (Wildman–Crippen MR) is 86.6 cm³/mol. The highest BCUT2D eigenvalue weighted by atomic mass is 35.5. The van der Waals surface area contributed by atoms with E-state index in [9.17, 15) is 9.00 Å². The van der Waals surface area contributed by atoms with E-state index in [0.29, 0.717) is 27.6 Å². The highest BCUT2D eigenvalue weighted by Gasteiger charge is 2.09. The van der Waals surface area contributed by atoms with Gasteiger partial charge in [0.1, 0.15) is 12.4 Å². The Morgan fingerprint density at radius 3 is 2.55 bits per heavy atom. The molecule has 2 N–H and O–H groups in total. The van der Waals surface area contributed by atoms with E-state index in [0.717, 1.165) is 0 Å². The smallest absolute Gasteiger partial charge is 0.259 e. The fourth-order valence-corrected chi connectivity index (χ4v) is 2.33. The minimum atomic E-state index is -2.20. The SMILES string of the molecule is CC(=O)c1ccc(NS(=O)O)c(COc2ccc(Cl)cc2)c1. The van der Waals surface area contributed by atoms with Crippen molar-refractivity contribution in [2.24, 2.45) is 0 Å². The average Bonchev–Trinajstić information content (AvgIpc) is 2.47. The minimum Gasteiger partial charge on any atom is -0.489 e. The minimum absolute atomic E-state index is 0.0931. The number of ether oxygens (including phenoxy) is 1. The molecule has 0 heterocycles. The summed E-state index contributed by atoms with van der Waals surface area (Å²) in [5, 5.41) is 0.601. The number of rotatable bonds is 6. The molecule has 116 valence electrons. The third kappa shape index (κ3) is 4.56. The molecular weight excluding hydrogens is 326 g/mol. The number of hydrogen-bond donors (Lipinski definition) is 2. The normalized spacial score (nSPS) is 11.8. The molecule has 0 spiro atoms. The molecule has 0 radical (unpaired) electrons. The van der Waals surface area contributed by atoms with Gasteiger partial charge in [0.25, 0.3) is 11.3 Å². The van der Waals surface area contributed by atoms with Gasteiger partial charge in [-0.15, -0.1) is 0 Å². The third-order valence-corrected chi connectivity index (χ3v) is 3.56. The van der Waals surface area contributed by atoms with E-state index < -0.39 is 11.3 Å². The molecule has 0 saturated carbocycles. The Morgan fingerprint density at radius 1 is 1.27 bits per heavy atom. The average molecular weight is 340 g/mol. The lowest BCUT2D eigenvalue weighted by Gasteiger charge is -2.12. The number of carbonyl (C=O) groups excluding carboxylic acids is 1. The fraction of sp³-hybridized carbons (Fsp3) is 0.133. The van der Waals surface area contributed by atoms with Crippen molar-refractivity contribution < 1.29 is 18.3 Å². The molecule has 22 heavy (non-hydrogen) atoms. The Labute approximate surface area is 135 Å². The summed E-state index contributed by atoms with van der Waals surface area (Å²) in [5.74, 6) is 0.512. The van der Waals surface area contributed by atoms with Crippen LogP contribution < -0.4 is 9.46 Å². The largest absolute Gasteiger partial charge is 0.489 e.